The Balaban J connectivity index is 1.68. The first-order chi connectivity index (χ1) is 10.7. The highest BCUT2D eigenvalue weighted by molar-refractivity contribution is 5.87. The van der Waals surface area contributed by atoms with Crippen LogP contribution in [0.2, 0.25) is 0 Å². The number of fused-ring (bicyclic) bond motifs is 3. The van der Waals surface area contributed by atoms with Crippen molar-refractivity contribution in [1.82, 2.24) is 0 Å². The van der Waals surface area contributed by atoms with Crippen LogP contribution in [0, 0.1) is 5.92 Å². The van der Waals surface area contributed by atoms with Crippen molar-refractivity contribution in [3.63, 3.8) is 0 Å². The molecule has 0 aromatic heterocycles. The van der Waals surface area contributed by atoms with E-state index in [0.717, 1.165) is 16.9 Å². The van der Waals surface area contributed by atoms with Crippen LogP contribution in [0.4, 0.5) is 0 Å². The van der Waals surface area contributed by atoms with E-state index in [1.54, 1.807) is 7.11 Å². The van der Waals surface area contributed by atoms with E-state index in [1.165, 1.54) is 12.7 Å². The molecule has 2 aliphatic carbocycles. The van der Waals surface area contributed by atoms with E-state index in [-0.39, 0.29) is 11.5 Å². The molecule has 0 N–H and O–H groups in total. The molecule has 0 amide bonds. The second-order valence-electron chi connectivity index (χ2n) is 5.98. The standard InChI is InChI=1S/C18H17NO3/c1-21-13-4-5-14-12(8-13)10-19-18-9-11(7-16(20)22-2)3-6-15(18)17(14)18/h3-6,8-10,15,17H,7H2,1-2H3. The molecule has 1 fully saturated rings. The first kappa shape index (κ1) is 13.3. The quantitative estimate of drug-likeness (QED) is 0.805. The summed E-state index contributed by atoms with van der Waals surface area (Å²) < 4.78 is 10.0. The molecule has 1 aliphatic heterocycles. The molecule has 0 bridgehead atoms. The van der Waals surface area contributed by atoms with Crippen LogP contribution in [0.3, 0.4) is 0 Å². The Bertz CT molecular complexity index is 747. The summed E-state index contributed by atoms with van der Waals surface area (Å²) in [6, 6.07) is 6.16. The van der Waals surface area contributed by atoms with Crippen LogP contribution in [0.1, 0.15) is 23.5 Å². The second-order valence-corrected chi connectivity index (χ2v) is 5.98. The first-order valence-corrected chi connectivity index (χ1v) is 7.38. The average Bonchev–Trinajstić information content (AvgIpc) is 3.22. The lowest BCUT2D eigenvalue weighted by atomic mass is 9.95. The van der Waals surface area contributed by atoms with E-state index in [2.05, 4.69) is 18.2 Å². The molecule has 1 aromatic rings. The monoisotopic (exact) mass is 295 g/mol. The zero-order chi connectivity index (χ0) is 15.3. The van der Waals surface area contributed by atoms with Crippen LogP contribution in [0.5, 0.6) is 5.75 Å². The zero-order valence-electron chi connectivity index (χ0n) is 12.6. The fourth-order valence-electron chi connectivity index (χ4n) is 3.70. The van der Waals surface area contributed by atoms with Gasteiger partial charge in [-0.1, -0.05) is 24.3 Å². The minimum absolute atomic E-state index is 0.195. The zero-order valence-corrected chi connectivity index (χ0v) is 12.6. The molecule has 0 radical (unpaired) electrons. The third-order valence-corrected chi connectivity index (χ3v) is 4.85. The third kappa shape index (κ3) is 1.76. The Labute approximate surface area is 129 Å². The lowest BCUT2D eigenvalue weighted by Crippen LogP contribution is -2.15. The maximum absolute atomic E-state index is 11.5. The molecule has 4 nitrogen and oxygen atoms in total. The van der Waals surface area contributed by atoms with Crippen molar-refractivity contribution in [2.75, 3.05) is 14.2 Å². The molecular formula is C18H17NO3. The predicted molar refractivity (Wildman–Crippen MR) is 83.4 cm³/mol. The van der Waals surface area contributed by atoms with Crippen molar-refractivity contribution in [3.05, 3.63) is 53.1 Å². The number of benzene rings is 1. The molecule has 112 valence electrons. The van der Waals surface area contributed by atoms with Crippen molar-refractivity contribution < 1.29 is 14.3 Å². The van der Waals surface area contributed by atoms with Gasteiger partial charge in [0.05, 0.1) is 26.2 Å². The van der Waals surface area contributed by atoms with Gasteiger partial charge >= 0.3 is 5.97 Å². The number of ether oxygens (including phenoxy) is 2. The van der Waals surface area contributed by atoms with E-state index < -0.39 is 0 Å². The summed E-state index contributed by atoms with van der Waals surface area (Å²) in [7, 11) is 3.09. The van der Waals surface area contributed by atoms with Gasteiger partial charge in [-0.15, -0.1) is 0 Å². The van der Waals surface area contributed by atoms with Gasteiger partial charge in [0, 0.05) is 18.1 Å². The molecule has 1 saturated carbocycles. The van der Waals surface area contributed by atoms with Gasteiger partial charge in [0.1, 0.15) is 5.75 Å². The van der Waals surface area contributed by atoms with Gasteiger partial charge in [-0.3, -0.25) is 9.79 Å². The van der Waals surface area contributed by atoms with Crippen LogP contribution < -0.4 is 4.74 Å². The molecule has 4 heteroatoms. The fourth-order valence-corrected chi connectivity index (χ4v) is 3.70. The van der Waals surface area contributed by atoms with Crippen molar-refractivity contribution in [2.45, 2.75) is 17.9 Å². The Morgan fingerprint density at radius 2 is 2.23 bits per heavy atom. The lowest BCUT2D eigenvalue weighted by molar-refractivity contribution is -0.139. The van der Waals surface area contributed by atoms with E-state index >= 15 is 0 Å². The first-order valence-electron chi connectivity index (χ1n) is 7.38. The van der Waals surface area contributed by atoms with Crippen LogP contribution >= 0.6 is 0 Å². The van der Waals surface area contributed by atoms with Gasteiger partial charge < -0.3 is 9.47 Å². The Morgan fingerprint density at radius 3 is 3.00 bits per heavy atom. The third-order valence-electron chi connectivity index (χ3n) is 4.85. The highest BCUT2D eigenvalue weighted by Gasteiger charge is 2.65. The Kier molecular flexibility index (Phi) is 2.76. The van der Waals surface area contributed by atoms with E-state index in [9.17, 15) is 4.79 Å². The predicted octanol–water partition coefficient (Wildman–Crippen LogP) is 2.64. The Hall–Kier alpha value is -2.36. The summed E-state index contributed by atoms with van der Waals surface area (Å²) in [5, 5.41) is 0. The summed E-state index contributed by atoms with van der Waals surface area (Å²) in [5.41, 5.74) is 3.22. The number of hydrogen-bond acceptors (Lipinski definition) is 4. The van der Waals surface area contributed by atoms with Crippen molar-refractivity contribution in [1.29, 1.82) is 0 Å². The molecule has 0 saturated heterocycles. The average molecular weight is 295 g/mol. The van der Waals surface area contributed by atoms with Gasteiger partial charge in [-0.2, -0.15) is 0 Å². The summed E-state index contributed by atoms with van der Waals surface area (Å²) in [4.78, 5) is 16.3. The topological polar surface area (TPSA) is 47.9 Å². The van der Waals surface area contributed by atoms with Crippen molar-refractivity contribution in [2.24, 2.45) is 10.9 Å². The number of hydrogen-bond donors (Lipinski definition) is 0. The summed E-state index contributed by atoms with van der Waals surface area (Å²) in [6.45, 7) is 0. The van der Waals surface area contributed by atoms with Crippen LogP contribution in [0.15, 0.2) is 47.0 Å². The number of rotatable bonds is 3. The highest BCUT2D eigenvalue weighted by atomic mass is 16.5. The van der Waals surface area contributed by atoms with Gasteiger partial charge in [0.2, 0.25) is 0 Å². The van der Waals surface area contributed by atoms with Gasteiger partial charge in [-0.05, 0) is 28.8 Å². The largest absolute Gasteiger partial charge is 0.497 e. The minimum Gasteiger partial charge on any atom is -0.497 e. The number of nitrogens with zero attached hydrogens (tertiary/aromatic N) is 1. The van der Waals surface area contributed by atoms with Crippen LogP contribution in [0.25, 0.3) is 0 Å². The second kappa shape index (κ2) is 4.57. The van der Waals surface area contributed by atoms with E-state index in [4.69, 9.17) is 14.5 Å². The number of methoxy groups -OCH3 is 2. The molecule has 1 aromatic carbocycles. The summed E-state index contributed by atoms with van der Waals surface area (Å²) >= 11 is 0. The van der Waals surface area contributed by atoms with Crippen LogP contribution in [-0.4, -0.2) is 31.9 Å². The molecule has 3 atom stereocenters. The number of carbonyl (C=O) groups is 1. The smallest absolute Gasteiger partial charge is 0.309 e. The van der Waals surface area contributed by atoms with E-state index in [1.807, 2.05) is 24.4 Å². The normalized spacial score (nSPS) is 29.8. The molecule has 3 aliphatic rings. The van der Waals surface area contributed by atoms with Gasteiger partial charge in [0.25, 0.3) is 0 Å². The van der Waals surface area contributed by atoms with Gasteiger partial charge in [-0.25, -0.2) is 0 Å². The molecule has 22 heavy (non-hydrogen) atoms. The number of carbonyl (C=O) groups excluding carboxylic acids is 1. The molecule has 3 unspecified atom stereocenters. The summed E-state index contributed by atoms with van der Waals surface area (Å²) in [6.07, 6.45) is 8.59. The molecular weight excluding hydrogens is 278 g/mol. The maximum atomic E-state index is 11.5. The minimum atomic E-state index is -0.215. The fraction of sp³-hybridized carbons (Fsp3) is 0.333. The SMILES string of the molecule is COC(=O)CC1=CC23N=Cc4cc(OC)ccc4C2C3C=C1. The molecule has 4 rings (SSSR count). The van der Waals surface area contributed by atoms with Crippen molar-refractivity contribution in [3.8, 4) is 5.75 Å². The number of esters is 1. The van der Waals surface area contributed by atoms with Crippen molar-refractivity contribution >= 4 is 12.2 Å². The highest BCUT2D eigenvalue weighted by Crippen LogP contribution is 2.65. The number of aliphatic imine (C=N–C) groups is 1. The lowest BCUT2D eigenvalue weighted by Gasteiger charge is -2.18. The Morgan fingerprint density at radius 1 is 1.36 bits per heavy atom. The summed E-state index contributed by atoms with van der Waals surface area (Å²) in [5.74, 6) is 1.39. The maximum Gasteiger partial charge on any atom is 0.309 e. The van der Waals surface area contributed by atoms with Crippen LogP contribution in [-0.2, 0) is 9.53 Å². The van der Waals surface area contributed by atoms with Gasteiger partial charge in [0.15, 0.2) is 0 Å². The molecule has 1 spiro atoms. The molecule has 1 heterocycles. The number of allylic oxidation sites excluding steroid dienone is 1. The van der Waals surface area contributed by atoms with E-state index in [0.29, 0.717) is 18.3 Å².